The number of benzene rings is 2. The minimum Gasteiger partial charge on any atom is -0.487 e. The molecule has 0 N–H and O–H groups in total. The van der Waals surface area contributed by atoms with Gasteiger partial charge < -0.3 is 13.9 Å². The first-order chi connectivity index (χ1) is 13.9. The quantitative estimate of drug-likeness (QED) is 0.326. The van der Waals surface area contributed by atoms with E-state index in [1.54, 1.807) is 19.1 Å². The van der Waals surface area contributed by atoms with Crippen molar-refractivity contribution in [3.05, 3.63) is 73.0 Å². The summed E-state index contributed by atoms with van der Waals surface area (Å²) in [6.45, 7) is 4.20. The van der Waals surface area contributed by atoms with E-state index in [1.807, 2.05) is 31.2 Å². The number of hydrogen-bond acceptors (Lipinski definition) is 5. The number of fused-ring (bicyclic) bond motifs is 1. The molecule has 3 aromatic rings. The van der Waals surface area contributed by atoms with Gasteiger partial charge in [-0.2, -0.15) is 0 Å². The Labute approximate surface area is 181 Å². The molecule has 0 atom stereocenters. The van der Waals surface area contributed by atoms with Crippen LogP contribution in [0.25, 0.3) is 11.0 Å². The summed E-state index contributed by atoms with van der Waals surface area (Å²) in [4.78, 5) is 24.0. The van der Waals surface area contributed by atoms with Gasteiger partial charge in [0.2, 0.25) is 0 Å². The van der Waals surface area contributed by atoms with Crippen molar-refractivity contribution in [3.63, 3.8) is 0 Å². The van der Waals surface area contributed by atoms with Crippen LogP contribution in [0.15, 0.2) is 50.1 Å². The molecule has 0 bridgehead atoms. The predicted octanol–water partition coefficient (Wildman–Crippen LogP) is 5.59. The Hall–Kier alpha value is -2.31. The fourth-order valence-electron chi connectivity index (χ4n) is 2.99. The van der Waals surface area contributed by atoms with E-state index in [0.717, 1.165) is 15.6 Å². The van der Waals surface area contributed by atoms with Gasteiger partial charge in [0.1, 0.15) is 17.9 Å². The van der Waals surface area contributed by atoms with Gasteiger partial charge in [-0.15, -0.1) is 0 Å². The molecule has 29 heavy (non-hydrogen) atoms. The van der Waals surface area contributed by atoms with Crippen molar-refractivity contribution in [3.8, 4) is 5.75 Å². The maximum absolute atomic E-state index is 12.4. The maximum atomic E-state index is 12.4. The number of carbonyl (C=O) groups is 1. The molecule has 0 saturated carbocycles. The van der Waals surface area contributed by atoms with Crippen molar-refractivity contribution >= 4 is 44.5 Å². The zero-order valence-corrected chi connectivity index (χ0v) is 18.4. The fourth-order valence-corrected chi connectivity index (χ4v) is 3.47. The smallest absolute Gasteiger partial charge is 0.339 e. The standard InChI is InChI=1S/C22H20BrClO5/c1-3-27-21(25)9-8-16-13(2)17-10-18(24)20(11-19(17)29-22(16)26)28-12-14-4-6-15(23)7-5-14/h4-7,10-11H,3,8-9,12H2,1-2H3. The minimum atomic E-state index is -0.472. The van der Waals surface area contributed by atoms with Crippen LogP contribution in [0, 0.1) is 6.92 Å². The highest BCUT2D eigenvalue weighted by Crippen LogP contribution is 2.32. The molecule has 7 heteroatoms. The topological polar surface area (TPSA) is 65.7 Å². The van der Waals surface area contributed by atoms with Crippen LogP contribution < -0.4 is 10.4 Å². The molecular formula is C22H20BrClO5. The normalized spacial score (nSPS) is 10.9. The maximum Gasteiger partial charge on any atom is 0.339 e. The monoisotopic (exact) mass is 478 g/mol. The van der Waals surface area contributed by atoms with E-state index in [0.29, 0.717) is 40.5 Å². The van der Waals surface area contributed by atoms with Crippen LogP contribution in [0.2, 0.25) is 5.02 Å². The number of carbonyl (C=O) groups excluding carboxylic acids is 1. The van der Waals surface area contributed by atoms with E-state index in [1.165, 1.54) is 0 Å². The summed E-state index contributed by atoms with van der Waals surface area (Å²) in [5.41, 5.74) is 2.09. The fraction of sp³-hybridized carbons (Fsp3) is 0.273. The number of esters is 1. The predicted molar refractivity (Wildman–Crippen MR) is 116 cm³/mol. The van der Waals surface area contributed by atoms with E-state index in [2.05, 4.69) is 15.9 Å². The van der Waals surface area contributed by atoms with Crippen LogP contribution in [0.1, 0.15) is 30.0 Å². The van der Waals surface area contributed by atoms with Gasteiger partial charge in [0, 0.05) is 27.9 Å². The number of aryl methyl sites for hydroxylation is 1. The Bertz CT molecular complexity index is 1090. The summed E-state index contributed by atoms with van der Waals surface area (Å²) in [5.74, 6) is 0.0880. The zero-order valence-electron chi connectivity index (χ0n) is 16.1. The molecule has 0 unspecified atom stereocenters. The molecule has 5 nitrogen and oxygen atoms in total. The average Bonchev–Trinajstić information content (AvgIpc) is 2.68. The van der Waals surface area contributed by atoms with Crippen molar-refractivity contribution < 1.29 is 18.7 Å². The zero-order chi connectivity index (χ0) is 21.0. The Balaban J connectivity index is 1.85. The van der Waals surface area contributed by atoms with Gasteiger partial charge in [-0.05, 0) is 49.6 Å². The van der Waals surface area contributed by atoms with E-state index in [9.17, 15) is 9.59 Å². The second kappa shape index (κ2) is 9.46. The van der Waals surface area contributed by atoms with Gasteiger partial charge in [0.05, 0.1) is 11.6 Å². The largest absolute Gasteiger partial charge is 0.487 e. The van der Waals surface area contributed by atoms with Gasteiger partial charge in [0.25, 0.3) is 0 Å². The van der Waals surface area contributed by atoms with Crippen LogP contribution in [-0.4, -0.2) is 12.6 Å². The van der Waals surface area contributed by atoms with Gasteiger partial charge >= 0.3 is 11.6 Å². The lowest BCUT2D eigenvalue weighted by Gasteiger charge is -2.12. The highest BCUT2D eigenvalue weighted by atomic mass is 79.9. The highest BCUT2D eigenvalue weighted by molar-refractivity contribution is 9.10. The minimum absolute atomic E-state index is 0.118. The molecule has 1 aromatic heterocycles. The first kappa shape index (κ1) is 21.4. The third kappa shape index (κ3) is 5.19. The third-order valence-electron chi connectivity index (χ3n) is 4.53. The van der Waals surface area contributed by atoms with Gasteiger partial charge in [-0.25, -0.2) is 4.79 Å². The molecule has 0 fully saturated rings. The molecule has 3 rings (SSSR count). The molecule has 152 valence electrons. The van der Waals surface area contributed by atoms with Crippen molar-refractivity contribution in [2.75, 3.05) is 6.61 Å². The van der Waals surface area contributed by atoms with E-state index in [4.69, 9.17) is 25.5 Å². The Morgan fingerprint density at radius 2 is 1.93 bits per heavy atom. The Morgan fingerprint density at radius 3 is 2.62 bits per heavy atom. The number of halogens is 2. The highest BCUT2D eigenvalue weighted by Gasteiger charge is 2.16. The lowest BCUT2D eigenvalue weighted by atomic mass is 10.0. The molecule has 0 aliphatic rings. The van der Waals surface area contributed by atoms with Crippen LogP contribution >= 0.6 is 27.5 Å². The molecule has 0 saturated heterocycles. The summed E-state index contributed by atoms with van der Waals surface area (Å²) < 4.78 is 17.2. The first-order valence-corrected chi connectivity index (χ1v) is 10.3. The van der Waals surface area contributed by atoms with E-state index >= 15 is 0 Å². The van der Waals surface area contributed by atoms with Gasteiger partial charge in [-0.1, -0.05) is 39.7 Å². The summed E-state index contributed by atoms with van der Waals surface area (Å²) in [6.07, 6.45) is 0.370. The van der Waals surface area contributed by atoms with Crippen LogP contribution in [-0.2, 0) is 22.6 Å². The number of rotatable bonds is 7. The molecule has 2 aromatic carbocycles. The summed E-state index contributed by atoms with van der Waals surface area (Å²) in [7, 11) is 0. The van der Waals surface area contributed by atoms with Crippen molar-refractivity contribution in [1.82, 2.24) is 0 Å². The SMILES string of the molecule is CCOC(=O)CCc1c(C)c2cc(Cl)c(OCc3ccc(Br)cc3)cc2oc1=O. The van der Waals surface area contributed by atoms with Crippen molar-refractivity contribution in [2.45, 2.75) is 33.3 Å². The second-order valence-corrected chi connectivity index (χ2v) is 7.81. The molecule has 0 radical (unpaired) electrons. The van der Waals surface area contributed by atoms with Crippen LogP contribution in [0.3, 0.4) is 0 Å². The van der Waals surface area contributed by atoms with Crippen molar-refractivity contribution in [2.24, 2.45) is 0 Å². The summed E-state index contributed by atoms with van der Waals surface area (Å²) in [6, 6.07) is 11.1. The first-order valence-electron chi connectivity index (χ1n) is 9.17. The van der Waals surface area contributed by atoms with Gasteiger partial charge in [-0.3, -0.25) is 4.79 Å². The van der Waals surface area contributed by atoms with E-state index in [-0.39, 0.29) is 18.8 Å². The summed E-state index contributed by atoms with van der Waals surface area (Å²) in [5, 5.41) is 1.13. The number of hydrogen-bond donors (Lipinski definition) is 0. The van der Waals surface area contributed by atoms with E-state index < -0.39 is 5.63 Å². The molecule has 0 aliphatic heterocycles. The lowest BCUT2D eigenvalue weighted by molar-refractivity contribution is -0.143. The van der Waals surface area contributed by atoms with Crippen LogP contribution in [0.5, 0.6) is 5.75 Å². The van der Waals surface area contributed by atoms with Crippen molar-refractivity contribution in [1.29, 1.82) is 0 Å². The second-order valence-electron chi connectivity index (χ2n) is 6.49. The van der Waals surface area contributed by atoms with Crippen LogP contribution in [0.4, 0.5) is 0 Å². The van der Waals surface area contributed by atoms with Gasteiger partial charge in [0.15, 0.2) is 0 Å². The molecule has 1 heterocycles. The molecule has 0 spiro atoms. The molecule has 0 amide bonds. The third-order valence-corrected chi connectivity index (χ3v) is 5.36. The number of ether oxygens (including phenoxy) is 2. The molecular weight excluding hydrogens is 460 g/mol. The Morgan fingerprint density at radius 1 is 1.21 bits per heavy atom. The Kier molecular flexibility index (Phi) is 6.98. The summed E-state index contributed by atoms with van der Waals surface area (Å²) >= 11 is 9.80. The lowest BCUT2D eigenvalue weighted by Crippen LogP contribution is -2.13. The average molecular weight is 480 g/mol. The molecule has 0 aliphatic carbocycles.